The Kier molecular flexibility index (Phi) is 6.80. The predicted octanol–water partition coefficient (Wildman–Crippen LogP) is 5.60. The highest BCUT2D eigenvalue weighted by molar-refractivity contribution is 6.45. The molecule has 6 heteroatoms. The summed E-state index contributed by atoms with van der Waals surface area (Å²) in [6, 6.07) is 17.3. The molecule has 0 aliphatic rings. The summed E-state index contributed by atoms with van der Waals surface area (Å²) < 4.78 is 11.7. The zero-order chi connectivity index (χ0) is 19.2. The quantitative estimate of drug-likeness (QED) is 0.456. The van der Waals surface area contributed by atoms with Crippen LogP contribution in [0.25, 0.3) is 10.8 Å². The molecule has 0 amide bonds. The molecule has 3 rings (SSSR count). The number of hydroxylamine groups is 2. The van der Waals surface area contributed by atoms with Gasteiger partial charge in [-0.15, -0.1) is 0 Å². The van der Waals surface area contributed by atoms with Crippen molar-refractivity contribution in [2.45, 2.75) is 6.61 Å². The van der Waals surface area contributed by atoms with Gasteiger partial charge in [0, 0.05) is 17.8 Å². The fraction of sp³-hybridized carbons (Fsp3) is 0.238. The maximum atomic E-state index is 6.29. The molecule has 0 heterocycles. The average Bonchev–Trinajstić information content (AvgIpc) is 2.70. The Labute approximate surface area is 169 Å². The van der Waals surface area contributed by atoms with E-state index in [9.17, 15) is 0 Å². The molecule has 0 fully saturated rings. The number of fused-ring (bicyclic) bond motifs is 1. The summed E-state index contributed by atoms with van der Waals surface area (Å²) in [6.45, 7) is 1.70. The van der Waals surface area contributed by atoms with Gasteiger partial charge in [-0.1, -0.05) is 47.5 Å². The van der Waals surface area contributed by atoms with Crippen LogP contribution in [-0.2, 0) is 11.4 Å². The smallest absolute Gasteiger partial charge is 0.127 e. The lowest BCUT2D eigenvalue weighted by atomic mass is 10.1. The van der Waals surface area contributed by atoms with Gasteiger partial charge in [-0.25, -0.2) is 0 Å². The Balaban J connectivity index is 1.62. The number of halogens is 2. The van der Waals surface area contributed by atoms with Crippen LogP contribution in [0.3, 0.4) is 0 Å². The van der Waals surface area contributed by atoms with Gasteiger partial charge in [0.1, 0.15) is 24.7 Å². The fourth-order valence-corrected chi connectivity index (χ4v) is 3.01. The summed E-state index contributed by atoms with van der Waals surface area (Å²) in [5.41, 5.74) is 1.05. The first-order valence-electron chi connectivity index (χ1n) is 8.55. The normalized spacial score (nSPS) is 11.1. The van der Waals surface area contributed by atoms with Crippen molar-refractivity contribution in [1.29, 1.82) is 0 Å². The average molecular weight is 406 g/mol. The molecule has 27 heavy (non-hydrogen) atoms. The fourth-order valence-electron chi connectivity index (χ4n) is 2.62. The lowest BCUT2D eigenvalue weighted by Gasteiger charge is -2.14. The van der Waals surface area contributed by atoms with Crippen LogP contribution in [0, 0.1) is 0 Å². The standard InChI is InChI=1S/C21H21Cl2NO3/c1-24(25-2)12-13-26-16-8-6-15(7-9-16)14-27-20-5-3-4-18-17(20)10-11-19(22)21(18)23/h3-11H,12-14H2,1-2H3. The Morgan fingerprint density at radius 1 is 0.889 bits per heavy atom. The van der Waals surface area contributed by atoms with Gasteiger partial charge in [0.25, 0.3) is 0 Å². The third kappa shape index (κ3) is 5.05. The molecular weight excluding hydrogens is 385 g/mol. The van der Waals surface area contributed by atoms with Crippen molar-refractivity contribution < 1.29 is 14.3 Å². The number of ether oxygens (including phenoxy) is 2. The van der Waals surface area contributed by atoms with E-state index in [-0.39, 0.29) is 0 Å². The second kappa shape index (κ2) is 9.29. The first-order chi connectivity index (χ1) is 13.1. The van der Waals surface area contributed by atoms with E-state index in [1.165, 1.54) is 0 Å². The zero-order valence-electron chi connectivity index (χ0n) is 15.2. The SMILES string of the molecule is CON(C)CCOc1ccc(COc2cccc3c(Cl)c(Cl)ccc23)cc1. The van der Waals surface area contributed by atoms with Crippen molar-refractivity contribution >= 4 is 34.0 Å². The highest BCUT2D eigenvalue weighted by Gasteiger charge is 2.08. The maximum Gasteiger partial charge on any atom is 0.127 e. The Hall–Kier alpha value is -1.98. The van der Waals surface area contributed by atoms with Crippen molar-refractivity contribution in [3.05, 3.63) is 70.2 Å². The third-order valence-corrected chi connectivity index (χ3v) is 5.03. The first-order valence-corrected chi connectivity index (χ1v) is 9.30. The molecule has 0 aliphatic heterocycles. The molecule has 0 saturated carbocycles. The highest BCUT2D eigenvalue weighted by Crippen LogP contribution is 2.35. The van der Waals surface area contributed by atoms with Crippen LogP contribution in [0.1, 0.15) is 5.56 Å². The van der Waals surface area contributed by atoms with Crippen LogP contribution < -0.4 is 9.47 Å². The molecule has 3 aromatic carbocycles. The van der Waals surface area contributed by atoms with Crippen LogP contribution in [0.15, 0.2) is 54.6 Å². The van der Waals surface area contributed by atoms with E-state index in [0.717, 1.165) is 27.8 Å². The summed E-state index contributed by atoms with van der Waals surface area (Å²) in [4.78, 5) is 5.05. The molecule has 142 valence electrons. The largest absolute Gasteiger partial charge is 0.492 e. The second-order valence-electron chi connectivity index (χ2n) is 6.03. The molecule has 0 radical (unpaired) electrons. The van der Waals surface area contributed by atoms with Crippen molar-refractivity contribution in [1.82, 2.24) is 5.06 Å². The summed E-state index contributed by atoms with van der Waals surface area (Å²) in [6.07, 6.45) is 0. The van der Waals surface area contributed by atoms with Gasteiger partial charge in [-0.05, 0) is 35.9 Å². The number of nitrogens with zero attached hydrogens (tertiary/aromatic N) is 1. The van der Waals surface area contributed by atoms with Gasteiger partial charge in [0.2, 0.25) is 0 Å². The lowest BCUT2D eigenvalue weighted by Crippen LogP contribution is -2.22. The Morgan fingerprint density at radius 2 is 1.67 bits per heavy atom. The molecule has 0 N–H and O–H groups in total. The van der Waals surface area contributed by atoms with Crippen LogP contribution >= 0.6 is 23.2 Å². The van der Waals surface area contributed by atoms with Crippen LogP contribution in [0.2, 0.25) is 10.0 Å². The molecule has 0 atom stereocenters. The Bertz CT molecular complexity index is 900. The molecule has 0 saturated heterocycles. The second-order valence-corrected chi connectivity index (χ2v) is 6.81. The van der Waals surface area contributed by atoms with Gasteiger partial charge in [-0.3, -0.25) is 0 Å². The summed E-state index contributed by atoms with van der Waals surface area (Å²) >= 11 is 12.4. The summed E-state index contributed by atoms with van der Waals surface area (Å²) in [5, 5.41) is 4.61. The molecule has 0 bridgehead atoms. The van der Waals surface area contributed by atoms with E-state index in [1.54, 1.807) is 18.2 Å². The topological polar surface area (TPSA) is 30.9 Å². The minimum absolute atomic E-state index is 0.450. The van der Waals surface area contributed by atoms with Gasteiger partial charge < -0.3 is 14.3 Å². The molecule has 0 spiro atoms. The van der Waals surface area contributed by atoms with E-state index >= 15 is 0 Å². The summed E-state index contributed by atoms with van der Waals surface area (Å²) in [5.74, 6) is 1.59. The van der Waals surface area contributed by atoms with E-state index in [1.807, 2.05) is 55.6 Å². The van der Waals surface area contributed by atoms with E-state index in [0.29, 0.717) is 29.8 Å². The molecule has 3 aromatic rings. The van der Waals surface area contributed by atoms with Gasteiger partial charge in [0.05, 0.1) is 23.7 Å². The van der Waals surface area contributed by atoms with Crippen LogP contribution in [0.4, 0.5) is 0 Å². The molecular formula is C21H21Cl2NO3. The maximum absolute atomic E-state index is 6.29. The highest BCUT2D eigenvalue weighted by atomic mass is 35.5. The number of rotatable bonds is 8. The number of hydrogen-bond donors (Lipinski definition) is 0. The van der Waals surface area contributed by atoms with E-state index in [2.05, 4.69) is 0 Å². The zero-order valence-corrected chi connectivity index (χ0v) is 16.8. The van der Waals surface area contributed by atoms with Crippen molar-refractivity contribution in [2.24, 2.45) is 0 Å². The van der Waals surface area contributed by atoms with Gasteiger partial charge in [-0.2, -0.15) is 5.06 Å². The third-order valence-electron chi connectivity index (χ3n) is 4.21. The Morgan fingerprint density at radius 3 is 2.41 bits per heavy atom. The van der Waals surface area contributed by atoms with Crippen LogP contribution in [-0.4, -0.2) is 32.4 Å². The molecule has 0 unspecified atom stereocenters. The monoisotopic (exact) mass is 405 g/mol. The lowest BCUT2D eigenvalue weighted by molar-refractivity contribution is -0.113. The van der Waals surface area contributed by atoms with E-state index in [4.69, 9.17) is 37.5 Å². The van der Waals surface area contributed by atoms with Crippen LogP contribution in [0.5, 0.6) is 11.5 Å². The minimum atomic E-state index is 0.450. The van der Waals surface area contributed by atoms with Gasteiger partial charge in [0.15, 0.2) is 0 Å². The molecule has 4 nitrogen and oxygen atoms in total. The van der Waals surface area contributed by atoms with Crippen molar-refractivity contribution in [2.75, 3.05) is 27.3 Å². The summed E-state index contributed by atoms with van der Waals surface area (Å²) in [7, 11) is 3.49. The predicted molar refractivity (Wildman–Crippen MR) is 110 cm³/mol. The van der Waals surface area contributed by atoms with Crippen molar-refractivity contribution in [3.8, 4) is 11.5 Å². The van der Waals surface area contributed by atoms with Crippen molar-refractivity contribution in [3.63, 3.8) is 0 Å². The molecule has 0 aliphatic carbocycles. The number of hydrogen-bond acceptors (Lipinski definition) is 4. The van der Waals surface area contributed by atoms with Gasteiger partial charge >= 0.3 is 0 Å². The number of likely N-dealkylation sites (N-methyl/N-ethyl adjacent to an activating group) is 1. The first kappa shape index (κ1) is 19.8. The molecule has 0 aromatic heterocycles. The van der Waals surface area contributed by atoms with E-state index < -0.39 is 0 Å². The minimum Gasteiger partial charge on any atom is -0.492 e. The number of benzene rings is 3.